The highest BCUT2D eigenvalue weighted by Gasteiger charge is 2.28. The molecule has 0 aromatic heterocycles. The van der Waals surface area contributed by atoms with Gasteiger partial charge < -0.3 is 15.4 Å². The highest BCUT2D eigenvalue weighted by molar-refractivity contribution is 6.02. The van der Waals surface area contributed by atoms with E-state index in [1.54, 1.807) is 18.2 Å². The fraction of sp³-hybridized carbons (Fsp3) is 0.500. The van der Waals surface area contributed by atoms with Gasteiger partial charge in [0.1, 0.15) is 5.75 Å². The fourth-order valence-electron chi connectivity index (χ4n) is 2.89. The number of piperidine rings is 1. The zero-order valence-corrected chi connectivity index (χ0v) is 12.1. The van der Waals surface area contributed by atoms with Crippen LogP contribution in [0.2, 0.25) is 0 Å². The van der Waals surface area contributed by atoms with Crippen molar-refractivity contribution in [3.8, 4) is 5.75 Å². The quantitative estimate of drug-likeness (QED) is 0.835. The number of hydrogen-bond donors (Lipinski definition) is 2. The van der Waals surface area contributed by atoms with Crippen molar-refractivity contribution in [1.29, 1.82) is 0 Å². The standard InChI is InChI=1S/C16H20N2O3/c1-2-13-16(20)18-12-9-11(3-4-14(12)21-13)15(19)10-5-7-17-8-6-10/h3-4,9-10,13,17H,2,5-8H2,1H3,(H,18,20). The summed E-state index contributed by atoms with van der Waals surface area (Å²) in [6.45, 7) is 3.68. The van der Waals surface area contributed by atoms with Crippen molar-refractivity contribution in [3.05, 3.63) is 23.8 Å². The lowest BCUT2D eigenvalue weighted by Crippen LogP contribution is -2.36. The van der Waals surface area contributed by atoms with Gasteiger partial charge in [0.05, 0.1) is 5.69 Å². The molecule has 1 aromatic carbocycles. The van der Waals surface area contributed by atoms with Gasteiger partial charge in [-0.05, 0) is 50.6 Å². The molecule has 2 aliphatic heterocycles. The van der Waals surface area contributed by atoms with Crippen molar-refractivity contribution in [2.45, 2.75) is 32.3 Å². The Labute approximate surface area is 124 Å². The number of ether oxygens (including phenoxy) is 1. The van der Waals surface area contributed by atoms with Crippen LogP contribution < -0.4 is 15.4 Å². The summed E-state index contributed by atoms with van der Waals surface area (Å²) in [7, 11) is 0. The molecule has 0 saturated carbocycles. The third kappa shape index (κ3) is 2.78. The molecule has 1 unspecified atom stereocenters. The van der Waals surface area contributed by atoms with E-state index in [9.17, 15) is 9.59 Å². The Morgan fingerprint density at radius 2 is 2.10 bits per heavy atom. The molecular weight excluding hydrogens is 268 g/mol. The van der Waals surface area contributed by atoms with Crippen LogP contribution in [0.5, 0.6) is 5.75 Å². The lowest BCUT2D eigenvalue weighted by atomic mass is 9.89. The second-order valence-electron chi connectivity index (χ2n) is 5.60. The van der Waals surface area contributed by atoms with Gasteiger partial charge in [0.25, 0.3) is 5.91 Å². The molecule has 112 valence electrons. The third-order valence-corrected chi connectivity index (χ3v) is 4.16. The Morgan fingerprint density at radius 3 is 2.81 bits per heavy atom. The monoisotopic (exact) mass is 288 g/mol. The zero-order chi connectivity index (χ0) is 14.8. The van der Waals surface area contributed by atoms with Gasteiger partial charge in [0, 0.05) is 11.5 Å². The average Bonchev–Trinajstić information content (AvgIpc) is 2.53. The van der Waals surface area contributed by atoms with Crippen LogP contribution in [0.1, 0.15) is 36.5 Å². The molecule has 3 rings (SSSR count). The van der Waals surface area contributed by atoms with Crippen LogP contribution >= 0.6 is 0 Å². The van der Waals surface area contributed by atoms with Gasteiger partial charge >= 0.3 is 0 Å². The topological polar surface area (TPSA) is 67.4 Å². The molecule has 0 aliphatic carbocycles. The maximum absolute atomic E-state index is 12.5. The number of carbonyl (C=O) groups excluding carboxylic acids is 2. The van der Waals surface area contributed by atoms with E-state index in [1.807, 2.05) is 6.92 Å². The van der Waals surface area contributed by atoms with Gasteiger partial charge in [-0.3, -0.25) is 9.59 Å². The minimum Gasteiger partial charge on any atom is -0.478 e. The second-order valence-corrected chi connectivity index (χ2v) is 5.60. The molecule has 0 bridgehead atoms. The average molecular weight is 288 g/mol. The Balaban J connectivity index is 1.81. The van der Waals surface area contributed by atoms with E-state index in [0.29, 0.717) is 23.4 Å². The van der Waals surface area contributed by atoms with Crippen LogP contribution in [-0.4, -0.2) is 30.9 Å². The first kappa shape index (κ1) is 14.1. The van der Waals surface area contributed by atoms with Crippen molar-refractivity contribution >= 4 is 17.4 Å². The largest absolute Gasteiger partial charge is 0.478 e. The number of benzene rings is 1. The first-order valence-electron chi connectivity index (χ1n) is 7.55. The molecule has 2 heterocycles. The van der Waals surface area contributed by atoms with Crippen LogP contribution in [-0.2, 0) is 4.79 Å². The van der Waals surface area contributed by atoms with Gasteiger partial charge in [0.2, 0.25) is 0 Å². The number of anilines is 1. The summed E-state index contributed by atoms with van der Waals surface area (Å²) in [4.78, 5) is 24.3. The number of ketones is 1. The summed E-state index contributed by atoms with van der Waals surface area (Å²) in [5, 5.41) is 6.09. The summed E-state index contributed by atoms with van der Waals surface area (Å²) >= 11 is 0. The van der Waals surface area contributed by atoms with E-state index < -0.39 is 6.10 Å². The number of hydrogen-bond acceptors (Lipinski definition) is 4. The van der Waals surface area contributed by atoms with Crippen molar-refractivity contribution in [2.24, 2.45) is 5.92 Å². The lowest BCUT2D eigenvalue weighted by molar-refractivity contribution is -0.123. The van der Waals surface area contributed by atoms with Crippen LogP contribution in [0, 0.1) is 5.92 Å². The molecule has 5 nitrogen and oxygen atoms in total. The third-order valence-electron chi connectivity index (χ3n) is 4.16. The van der Waals surface area contributed by atoms with E-state index in [1.165, 1.54) is 0 Å². The summed E-state index contributed by atoms with van der Waals surface area (Å²) in [5.41, 5.74) is 1.25. The smallest absolute Gasteiger partial charge is 0.265 e. The number of nitrogens with one attached hydrogen (secondary N) is 2. The number of rotatable bonds is 3. The number of amides is 1. The highest BCUT2D eigenvalue weighted by Crippen LogP contribution is 2.32. The van der Waals surface area contributed by atoms with Crippen LogP contribution in [0.15, 0.2) is 18.2 Å². The fourth-order valence-corrected chi connectivity index (χ4v) is 2.89. The zero-order valence-electron chi connectivity index (χ0n) is 12.1. The van der Waals surface area contributed by atoms with E-state index in [0.717, 1.165) is 25.9 Å². The Kier molecular flexibility index (Phi) is 3.92. The predicted molar refractivity (Wildman–Crippen MR) is 79.7 cm³/mol. The first-order chi connectivity index (χ1) is 10.2. The predicted octanol–water partition coefficient (Wildman–Crippen LogP) is 1.98. The molecule has 2 N–H and O–H groups in total. The maximum atomic E-state index is 12.5. The highest BCUT2D eigenvalue weighted by atomic mass is 16.5. The molecule has 0 spiro atoms. The normalized spacial score (nSPS) is 22.1. The van der Waals surface area contributed by atoms with Gasteiger partial charge in [0.15, 0.2) is 11.9 Å². The van der Waals surface area contributed by atoms with Gasteiger partial charge in [-0.2, -0.15) is 0 Å². The van der Waals surface area contributed by atoms with E-state index >= 15 is 0 Å². The molecule has 1 fully saturated rings. The number of fused-ring (bicyclic) bond motifs is 1. The maximum Gasteiger partial charge on any atom is 0.265 e. The first-order valence-corrected chi connectivity index (χ1v) is 7.55. The summed E-state index contributed by atoms with van der Waals surface area (Å²) in [5.74, 6) is 0.735. The van der Waals surface area contributed by atoms with E-state index in [2.05, 4.69) is 10.6 Å². The van der Waals surface area contributed by atoms with Crippen molar-refractivity contribution in [2.75, 3.05) is 18.4 Å². The number of carbonyl (C=O) groups is 2. The van der Waals surface area contributed by atoms with Gasteiger partial charge in [-0.15, -0.1) is 0 Å². The number of Topliss-reactive ketones (excluding diaryl/α,β-unsaturated/α-hetero) is 1. The molecule has 21 heavy (non-hydrogen) atoms. The van der Waals surface area contributed by atoms with Crippen LogP contribution in [0.4, 0.5) is 5.69 Å². The SMILES string of the molecule is CCC1Oc2ccc(C(=O)C3CCNCC3)cc2NC1=O. The Bertz CT molecular complexity index is 565. The summed E-state index contributed by atoms with van der Waals surface area (Å²) < 4.78 is 5.64. The van der Waals surface area contributed by atoms with Crippen LogP contribution in [0.3, 0.4) is 0 Å². The summed E-state index contributed by atoms with van der Waals surface area (Å²) in [6, 6.07) is 5.32. The molecular formula is C16H20N2O3. The molecule has 0 radical (unpaired) electrons. The van der Waals surface area contributed by atoms with Gasteiger partial charge in [-0.1, -0.05) is 6.92 Å². The minimum absolute atomic E-state index is 0.0768. The Morgan fingerprint density at radius 1 is 1.33 bits per heavy atom. The lowest BCUT2D eigenvalue weighted by Gasteiger charge is -2.26. The molecule has 1 aromatic rings. The second kappa shape index (κ2) is 5.85. The van der Waals surface area contributed by atoms with Crippen molar-refractivity contribution in [3.63, 3.8) is 0 Å². The molecule has 1 amide bonds. The van der Waals surface area contributed by atoms with Crippen LogP contribution in [0.25, 0.3) is 0 Å². The molecule has 1 atom stereocenters. The molecule has 1 saturated heterocycles. The Hall–Kier alpha value is -1.88. The summed E-state index contributed by atoms with van der Waals surface area (Å²) in [6.07, 6.45) is 1.93. The molecule has 5 heteroatoms. The van der Waals surface area contributed by atoms with E-state index in [4.69, 9.17) is 4.74 Å². The van der Waals surface area contributed by atoms with Crippen molar-refractivity contribution in [1.82, 2.24) is 5.32 Å². The van der Waals surface area contributed by atoms with Gasteiger partial charge in [-0.25, -0.2) is 0 Å². The minimum atomic E-state index is -0.441. The van der Waals surface area contributed by atoms with E-state index in [-0.39, 0.29) is 17.6 Å². The van der Waals surface area contributed by atoms with Crippen molar-refractivity contribution < 1.29 is 14.3 Å². The molecule has 2 aliphatic rings.